The predicted molar refractivity (Wildman–Crippen MR) is 98.6 cm³/mol. The normalized spacial score (nSPS) is 20.3. The number of carbonyl (C=O) groups excluding carboxylic acids is 1. The van der Waals surface area contributed by atoms with Crippen LogP contribution >= 0.6 is 0 Å². The highest BCUT2D eigenvalue weighted by atomic mass is 32.2. The van der Waals surface area contributed by atoms with Gasteiger partial charge in [0, 0.05) is 44.3 Å². The molecule has 0 aliphatic carbocycles. The van der Waals surface area contributed by atoms with E-state index in [-0.39, 0.29) is 16.8 Å². The lowest BCUT2D eigenvalue weighted by Gasteiger charge is -2.29. The van der Waals surface area contributed by atoms with E-state index in [1.807, 2.05) is 6.92 Å². The Kier molecular flexibility index (Phi) is 6.29. The third kappa shape index (κ3) is 4.82. The van der Waals surface area contributed by atoms with Gasteiger partial charge in [-0.05, 0) is 38.0 Å². The van der Waals surface area contributed by atoms with Crippen LogP contribution in [0.5, 0.6) is 0 Å². The van der Waals surface area contributed by atoms with E-state index in [4.69, 9.17) is 4.74 Å². The number of morpholine rings is 1. The van der Waals surface area contributed by atoms with Crippen molar-refractivity contribution in [3.63, 3.8) is 0 Å². The van der Waals surface area contributed by atoms with E-state index in [1.54, 1.807) is 17.0 Å². The zero-order chi connectivity index (χ0) is 18.6. The Labute approximate surface area is 155 Å². The van der Waals surface area contributed by atoms with Crippen LogP contribution in [0.1, 0.15) is 30.1 Å². The molecule has 3 rings (SSSR count). The maximum atomic E-state index is 12.7. The molecule has 8 heteroatoms. The summed E-state index contributed by atoms with van der Waals surface area (Å²) in [5.74, 6) is -0.0964. The van der Waals surface area contributed by atoms with Crippen LogP contribution in [0.2, 0.25) is 0 Å². The summed E-state index contributed by atoms with van der Waals surface area (Å²) in [6, 6.07) is 6.09. The monoisotopic (exact) mass is 381 g/mol. The molecule has 1 unspecified atom stereocenters. The second-order valence-electron chi connectivity index (χ2n) is 6.96. The zero-order valence-corrected chi connectivity index (χ0v) is 16.0. The van der Waals surface area contributed by atoms with Crippen LogP contribution < -0.4 is 4.72 Å². The number of ether oxygens (including phenoxy) is 1. The minimum absolute atomic E-state index is 0.0964. The van der Waals surface area contributed by atoms with Gasteiger partial charge in [-0.25, -0.2) is 13.1 Å². The maximum absolute atomic E-state index is 12.7. The molecule has 2 heterocycles. The van der Waals surface area contributed by atoms with Crippen LogP contribution in [0, 0.1) is 0 Å². The van der Waals surface area contributed by atoms with Gasteiger partial charge in [-0.15, -0.1) is 0 Å². The van der Waals surface area contributed by atoms with Crippen molar-refractivity contribution in [3.8, 4) is 0 Å². The molecule has 0 radical (unpaired) electrons. The number of nitrogens with one attached hydrogen (secondary N) is 1. The lowest BCUT2D eigenvalue weighted by atomic mass is 10.2. The average molecular weight is 381 g/mol. The van der Waals surface area contributed by atoms with Crippen molar-refractivity contribution in [1.29, 1.82) is 0 Å². The topological polar surface area (TPSA) is 79.0 Å². The lowest BCUT2D eigenvalue weighted by molar-refractivity contribution is 0.0354. The number of sulfonamides is 1. The van der Waals surface area contributed by atoms with Crippen LogP contribution in [0.3, 0.4) is 0 Å². The number of benzene rings is 1. The van der Waals surface area contributed by atoms with E-state index in [0.717, 1.165) is 39.0 Å². The molecule has 0 spiro atoms. The van der Waals surface area contributed by atoms with Crippen LogP contribution in [-0.2, 0) is 14.8 Å². The fourth-order valence-corrected chi connectivity index (χ4v) is 4.72. The standard InChI is InChI=1S/C18H27N3O4S/c1-15(14-20-9-11-25-12-10-20)19-26(23,24)17-6-4-5-16(13-17)18(22)21-7-2-3-8-21/h4-6,13,15,19H,2-3,7-12,14H2,1H3. The second-order valence-corrected chi connectivity index (χ2v) is 8.68. The predicted octanol–water partition coefficient (Wildman–Crippen LogP) is 0.922. The zero-order valence-electron chi connectivity index (χ0n) is 15.2. The van der Waals surface area contributed by atoms with Crippen LogP contribution in [0.4, 0.5) is 0 Å². The van der Waals surface area contributed by atoms with Crippen LogP contribution in [0.15, 0.2) is 29.2 Å². The highest BCUT2D eigenvalue weighted by molar-refractivity contribution is 7.89. The van der Waals surface area contributed by atoms with E-state index in [1.165, 1.54) is 12.1 Å². The van der Waals surface area contributed by atoms with Gasteiger partial charge in [0.2, 0.25) is 10.0 Å². The molecule has 2 fully saturated rings. The molecule has 26 heavy (non-hydrogen) atoms. The number of nitrogens with zero attached hydrogens (tertiary/aromatic N) is 2. The van der Waals surface area contributed by atoms with E-state index < -0.39 is 10.0 Å². The Morgan fingerprint density at radius 1 is 1.19 bits per heavy atom. The van der Waals surface area contributed by atoms with Gasteiger partial charge in [0.15, 0.2) is 0 Å². The molecular formula is C18H27N3O4S. The average Bonchev–Trinajstić information content (AvgIpc) is 3.16. The van der Waals surface area contributed by atoms with Gasteiger partial charge in [0.05, 0.1) is 18.1 Å². The third-order valence-corrected chi connectivity index (χ3v) is 6.36. The summed E-state index contributed by atoms with van der Waals surface area (Å²) in [7, 11) is -3.67. The molecule has 1 aromatic rings. The summed E-state index contributed by atoms with van der Waals surface area (Å²) in [5.41, 5.74) is 0.426. The van der Waals surface area contributed by atoms with E-state index in [0.29, 0.717) is 25.3 Å². The smallest absolute Gasteiger partial charge is 0.253 e. The molecule has 2 aliphatic heterocycles. The molecule has 144 valence electrons. The number of hydrogen-bond acceptors (Lipinski definition) is 5. The van der Waals surface area contributed by atoms with Crippen molar-refractivity contribution >= 4 is 15.9 Å². The molecule has 7 nitrogen and oxygen atoms in total. The Bertz CT molecular complexity index is 726. The molecule has 1 amide bonds. The summed E-state index contributed by atoms with van der Waals surface area (Å²) < 4.78 is 33.4. The summed E-state index contributed by atoms with van der Waals surface area (Å²) in [6.45, 7) is 6.95. The Morgan fingerprint density at radius 2 is 1.88 bits per heavy atom. The van der Waals surface area contributed by atoms with Crippen molar-refractivity contribution in [2.45, 2.75) is 30.7 Å². The Morgan fingerprint density at radius 3 is 2.58 bits per heavy atom. The molecule has 2 aliphatic rings. The Hall–Kier alpha value is -1.48. The highest BCUT2D eigenvalue weighted by Crippen LogP contribution is 2.17. The summed E-state index contributed by atoms with van der Waals surface area (Å²) in [6.07, 6.45) is 2.01. The van der Waals surface area contributed by atoms with Crippen molar-refractivity contribution < 1.29 is 17.9 Å². The minimum Gasteiger partial charge on any atom is -0.379 e. The largest absolute Gasteiger partial charge is 0.379 e. The van der Waals surface area contributed by atoms with E-state index in [9.17, 15) is 13.2 Å². The van der Waals surface area contributed by atoms with Gasteiger partial charge in [-0.3, -0.25) is 9.69 Å². The fourth-order valence-electron chi connectivity index (χ4n) is 3.44. The molecule has 1 atom stereocenters. The molecular weight excluding hydrogens is 354 g/mol. The number of carbonyl (C=O) groups is 1. The maximum Gasteiger partial charge on any atom is 0.253 e. The number of hydrogen-bond donors (Lipinski definition) is 1. The van der Waals surface area contributed by atoms with Gasteiger partial charge in [-0.2, -0.15) is 0 Å². The lowest BCUT2D eigenvalue weighted by Crippen LogP contribution is -2.45. The minimum atomic E-state index is -3.67. The summed E-state index contributed by atoms with van der Waals surface area (Å²) in [5, 5.41) is 0. The molecule has 0 saturated carbocycles. The van der Waals surface area contributed by atoms with E-state index in [2.05, 4.69) is 9.62 Å². The van der Waals surface area contributed by atoms with Crippen molar-refractivity contribution in [3.05, 3.63) is 29.8 Å². The van der Waals surface area contributed by atoms with Crippen LogP contribution in [-0.4, -0.2) is 76.1 Å². The van der Waals surface area contributed by atoms with Crippen LogP contribution in [0.25, 0.3) is 0 Å². The van der Waals surface area contributed by atoms with Gasteiger partial charge < -0.3 is 9.64 Å². The highest BCUT2D eigenvalue weighted by Gasteiger charge is 2.23. The van der Waals surface area contributed by atoms with Gasteiger partial charge >= 0.3 is 0 Å². The van der Waals surface area contributed by atoms with E-state index >= 15 is 0 Å². The molecule has 0 aromatic heterocycles. The van der Waals surface area contributed by atoms with Crippen molar-refractivity contribution in [2.75, 3.05) is 45.9 Å². The van der Waals surface area contributed by atoms with Crippen molar-refractivity contribution in [1.82, 2.24) is 14.5 Å². The number of likely N-dealkylation sites (tertiary alicyclic amines) is 1. The Balaban J connectivity index is 1.66. The summed E-state index contributed by atoms with van der Waals surface area (Å²) >= 11 is 0. The first kappa shape index (κ1) is 19.3. The first-order valence-corrected chi connectivity index (χ1v) is 10.7. The van der Waals surface area contributed by atoms with Gasteiger partial charge in [-0.1, -0.05) is 6.07 Å². The number of rotatable bonds is 6. The van der Waals surface area contributed by atoms with Crippen molar-refractivity contribution in [2.24, 2.45) is 0 Å². The molecule has 0 bridgehead atoms. The first-order valence-electron chi connectivity index (χ1n) is 9.17. The third-order valence-electron chi connectivity index (χ3n) is 4.78. The SMILES string of the molecule is CC(CN1CCOCC1)NS(=O)(=O)c1cccc(C(=O)N2CCCC2)c1. The van der Waals surface area contributed by atoms with Gasteiger partial charge in [0.1, 0.15) is 0 Å². The first-order chi connectivity index (χ1) is 12.5. The summed E-state index contributed by atoms with van der Waals surface area (Å²) in [4.78, 5) is 16.6. The number of amides is 1. The quantitative estimate of drug-likeness (QED) is 0.793. The molecule has 1 N–H and O–H groups in total. The second kappa shape index (κ2) is 8.47. The fraction of sp³-hybridized carbons (Fsp3) is 0.611. The molecule has 2 saturated heterocycles. The van der Waals surface area contributed by atoms with Gasteiger partial charge in [0.25, 0.3) is 5.91 Å². The molecule has 1 aromatic carbocycles.